The number of carbonyl (C=O) groups is 2. The fraction of sp³-hybridized carbons (Fsp3) is 0.556. The second-order valence-electron chi connectivity index (χ2n) is 6.30. The molecule has 3 rings (SSSR count). The summed E-state index contributed by atoms with van der Waals surface area (Å²) in [5, 5.41) is 2.91. The summed E-state index contributed by atoms with van der Waals surface area (Å²) in [6.07, 6.45) is 4.84. The summed E-state index contributed by atoms with van der Waals surface area (Å²) in [5.74, 6) is -0.595. The molecule has 23 heavy (non-hydrogen) atoms. The van der Waals surface area contributed by atoms with Crippen LogP contribution in [0.25, 0.3) is 0 Å². The van der Waals surface area contributed by atoms with Crippen molar-refractivity contribution in [1.82, 2.24) is 10.2 Å². The molecule has 0 radical (unpaired) electrons. The van der Waals surface area contributed by atoms with Crippen molar-refractivity contribution in [1.29, 1.82) is 0 Å². The van der Waals surface area contributed by atoms with E-state index in [0.29, 0.717) is 18.5 Å². The van der Waals surface area contributed by atoms with E-state index in [1.165, 1.54) is 25.7 Å². The van der Waals surface area contributed by atoms with Crippen LogP contribution in [0.3, 0.4) is 0 Å². The molecule has 2 aliphatic heterocycles. The topological polar surface area (TPSA) is 58.6 Å². The molecular formula is C18H24N2O3. The van der Waals surface area contributed by atoms with Gasteiger partial charge in [-0.05, 0) is 37.6 Å². The van der Waals surface area contributed by atoms with Gasteiger partial charge >= 0.3 is 5.97 Å². The van der Waals surface area contributed by atoms with Crippen LogP contribution in [0, 0.1) is 0 Å². The largest absolute Gasteiger partial charge is 0.448 e. The number of nitrogens with one attached hydrogen (secondary N) is 1. The molecule has 1 fully saturated rings. The van der Waals surface area contributed by atoms with Crippen molar-refractivity contribution < 1.29 is 14.3 Å². The molecule has 124 valence electrons. The van der Waals surface area contributed by atoms with Crippen molar-refractivity contribution in [2.45, 2.75) is 38.2 Å². The second-order valence-corrected chi connectivity index (χ2v) is 6.30. The maximum atomic E-state index is 12.3. The van der Waals surface area contributed by atoms with Gasteiger partial charge < -0.3 is 15.0 Å². The summed E-state index contributed by atoms with van der Waals surface area (Å²) in [6, 6.07) is 7.31. The minimum atomic E-state index is -0.707. The van der Waals surface area contributed by atoms with Gasteiger partial charge in [-0.15, -0.1) is 0 Å². The third-order valence-electron chi connectivity index (χ3n) is 4.61. The number of fused-ring (bicyclic) bond motifs is 1. The lowest BCUT2D eigenvalue weighted by molar-refractivity contribution is -0.130. The normalized spacial score (nSPS) is 21.9. The average molecular weight is 316 g/mol. The van der Waals surface area contributed by atoms with Gasteiger partial charge in [-0.2, -0.15) is 0 Å². The Labute approximate surface area is 137 Å². The lowest BCUT2D eigenvalue weighted by atomic mass is 9.98. The number of nitrogens with zero attached hydrogens (tertiary/aromatic N) is 1. The van der Waals surface area contributed by atoms with Crippen molar-refractivity contribution in [2.75, 3.05) is 26.2 Å². The van der Waals surface area contributed by atoms with Crippen molar-refractivity contribution in [3.63, 3.8) is 0 Å². The minimum Gasteiger partial charge on any atom is -0.448 e. The van der Waals surface area contributed by atoms with E-state index >= 15 is 0 Å². The van der Waals surface area contributed by atoms with E-state index < -0.39 is 12.1 Å². The molecule has 0 aromatic heterocycles. The zero-order valence-electron chi connectivity index (χ0n) is 13.4. The smallest absolute Gasteiger partial charge is 0.339 e. The van der Waals surface area contributed by atoms with Crippen molar-refractivity contribution >= 4 is 11.9 Å². The highest BCUT2D eigenvalue weighted by Crippen LogP contribution is 2.20. The molecule has 5 heteroatoms. The third-order valence-corrected chi connectivity index (χ3v) is 4.61. The van der Waals surface area contributed by atoms with E-state index in [-0.39, 0.29) is 5.91 Å². The van der Waals surface area contributed by atoms with E-state index in [1.54, 1.807) is 6.07 Å². The highest BCUT2D eigenvalue weighted by atomic mass is 16.5. The van der Waals surface area contributed by atoms with Gasteiger partial charge in [-0.1, -0.05) is 31.0 Å². The molecule has 0 saturated carbocycles. The van der Waals surface area contributed by atoms with E-state index in [0.717, 1.165) is 25.2 Å². The maximum Gasteiger partial charge on any atom is 0.339 e. The Kier molecular flexibility index (Phi) is 5.28. The van der Waals surface area contributed by atoms with Crippen LogP contribution in [0.2, 0.25) is 0 Å². The van der Waals surface area contributed by atoms with Crippen LogP contribution in [0.4, 0.5) is 0 Å². The van der Waals surface area contributed by atoms with Gasteiger partial charge in [0.25, 0.3) is 5.91 Å². The Bertz CT molecular complexity index is 565. The Hall–Kier alpha value is -1.88. The number of benzene rings is 1. The van der Waals surface area contributed by atoms with Crippen molar-refractivity contribution in [2.24, 2.45) is 0 Å². The first-order valence-electron chi connectivity index (χ1n) is 8.53. The SMILES string of the molecule is O=C1OC(C(=O)NCCN2CCCCCC2)Cc2ccccc21. The van der Waals surface area contributed by atoms with Crippen LogP contribution in [-0.4, -0.2) is 49.1 Å². The van der Waals surface area contributed by atoms with E-state index in [4.69, 9.17) is 4.74 Å². The highest BCUT2D eigenvalue weighted by Gasteiger charge is 2.30. The van der Waals surface area contributed by atoms with Crippen LogP contribution in [0.1, 0.15) is 41.6 Å². The maximum absolute atomic E-state index is 12.3. The molecule has 5 nitrogen and oxygen atoms in total. The molecule has 0 spiro atoms. The predicted molar refractivity (Wildman–Crippen MR) is 87.3 cm³/mol. The van der Waals surface area contributed by atoms with Crippen LogP contribution >= 0.6 is 0 Å². The number of hydrogen-bond donors (Lipinski definition) is 1. The van der Waals surface area contributed by atoms with Crippen LogP contribution in [0.15, 0.2) is 24.3 Å². The second kappa shape index (κ2) is 7.59. The third kappa shape index (κ3) is 4.10. The molecule has 0 aliphatic carbocycles. The molecule has 1 atom stereocenters. The first-order valence-corrected chi connectivity index (χ1v) is 8.53. The molecule has 1 saturated heterocycles. The number of hydrogen-bond acceptors (Lipinski definition) is 4. The number of rotatable bonds is 4. The van der Waals surface area contributed by atoms with E-state index in [9.17, 15) is 9.59 Å². The molecule has 1 aromatic rings. The molecule has 1 unspecified atom stereocenters. The highest BCUT2D eigenvalue weighted by molar-refractivity contribution is 5.95. The molecule has 1 aromatic carbocycles. The summed E-state index contributed by atoms with van der Waals surface area (Å²) in [5.41, 5.74) is 1.46. The Morgan fingerprint density at radius 3 is 2.70 bits per heavy atom. The Balaban J connectivity index is 1.48. The lowest BCUT2D eigenvalue weighted by Gasteiger charge is -2.25. The summed E-state index contributed by atoms with van der Waals surface area (Å²) in [6.45, 7) is 3.70. The number of amides is 1. The van der Waals surface area contributed by atoms with Gasteiger partial charge in [0.05, 0.1) is 5.56 Å². The van der Waals surface area contributed by atoms with E-state index in [1.807, 2.05) is 18.2 Å². The van der Waals surface area contributed by atoms with Crippen molar-refractivity contribution in [3.8, 4) is 0 Å². The number of cyclic esters (lactones) is 1. The summed E-state index contributed by atoms with van der Waals surface area (Å²) in [4.78, 5) is 26.6. The van der Waals surface area contributed by atoms with Crippen LogP contribution in [0.5, 0.6) is 0 Å². The van der Waals surface area contributed by atoms with E-state index in [2.05, 4.69) is 10.2 Å². The summed E-state index contributed by atoms with van der Waals surface area (Å²) >= 11 is 0. The number of likely N-dealkylation sites (tertiary alicyclic amines) is 1. The zero-order chi connectivity index (χ0) is 16.1. The van der Waals surface area contributed by atoms with Gasteiger partial charge in [-0.3, -0.25) is 4.79 Å². The lowest BCUT2D eigenvalue weighted by Crippen LogP contribution is -2.44. The van der Waals surface area contributed by atoms with Gasteiger partial charge in [0.2, 0.25) is 0 Å². The van der Waals surface area contributed by atoms with Crippen LogP contribution in [-0.2, 0) is 16.0 Å². The first-order chi connectivity index (χ1) is 11.2. The van der Waals surface area contributed by atoms with Gasteiger partial charge in [-0.25, -0.2) is 4.79 Å². The standard InChI is InChI=1S/C18H24N2O3/c21-17(19-9-12-20-10-5-1-2-6-11-20)16-13-14-7-3-4-8-15(14)18(22)23-16/h3-4,7-8,16H,1-2,5-6,9-13H2,(H,19,21). The monoisotopic (exact) mass is 316 g/mol. The van der Waals surface area contributed by atoms with Gasteiger partial charge in [0.1, 0.15) is 0 Å². The zero-order valence-corrected chi connectivity index (χ0v) is 13.4. The predicted octanol–water partition coefficient (Wildman–Crippen LogP) is 1.76. The Morgan fingerprint density at radius 2 is 1.91 bits per heavy atom. The molecule has 1 amide bonds. The molecular weight excluding hydrogens is 292 g/mol. The van der Waals surface area contributed by atoms with Gasteiger partial charge in [0.15, 0.2) is 6.10 Å². The fourth-order valence-corrected chi connectivity index (χ4v) is 3.29. The number of esters is 1. The Morgan fingerprint density at radius 1 is 1.17 bits per heavy atom. The number of ether oxygens (including phenoxy) is 1. The summed E-state index contributed by atoms with van der Waals surface area (Å²) < 4.78 is 5.27. The fourth-order valence-electron chi connectivity index (χ4n) is 3.29. The first kappa shape index (κ1) is 16.0. The summed E-state index contributed by atoms with van der Waals surface area (Å²) in [7, 11) is 0. The van der Waals surface area contributed by atoms with Gasteiger partial charge in [0, 0.05) is 19.5 Å². The molecule has 2 heterocycles. The molecule has 0 bridgehead atoms. The number of carbonyl (C=O) groups excluding carboxylic acids is 2. The average Bonchev–Trinajstić information content (AvgIpc) is 2.83. The molecule has 2 aliphatic rings. The van der Waals surface area contributed by atoms with Crippen LogP contribution < -0.4 is 5.32 Å². The quantitative estimate of drug-likeness (QED) is 0.860. The molecule has 1 N–H and O–H groups in total. The minimum absolute atomic E-state index is 0.192. The van der Waals surface area contributed by atoms with Crippen molar-refractivity contribution in [3.05, 3.63) is 35.4 Å².